The van der Waals surface area contributed by atoms with Gasteiger partial charge in [-0.2, -0.15) is 0 Å². The molecule has 0 saturated heterocycles. The lowest BCUT2D eigenvalue weighted by molar-refractivity contribution is 0.0954. The maximum Gasteiger partial charge on any atom is 0.251 e. The molecular weight excluding hydrogens is 283 g/mol. The fourth-order valence-corrected chi connectivity index (χ4v) is 1.95. The maximum absolute atomic E-state index is 13.4. The van der Waals surface area contributed by atoms with Gasteiger partial charge < -0.3 is 10.2 Å². The molecule has 5 heteroatoms. The summed E-state index contributed by atoms with van der Waals surface area (Å²) in [5.74, 6) is -0.440. The highest BCUT2D eigenvalue weighted by molar-refractivity contribution is 5.95. The van der Waals surface area contributed by atoms with E-state index in [4.69, 9.17) is 0 Å². The van der Waals surface area contributed by atoms with Gasteiger partial charge in [-0.1, -0.05) is 35.5 Å². The van der Waals surface area contributed by atoms with Crippen LogP contribution in [0, 0.1) is 5.82 Å². The van der Waals surface area contributed by atoms with Gasteiger partial charge in [0, 0.05) is 12.1 Å². The number of oxime groups is 1. The minimum Gasteiger partial charge on any atom is -0.399 e. The topological polar surface area (TPSA) is 50.7 Å². The largest absolute Gasteiger partial charge is 0.399 e. The Bertz CT molecular complexity index is 654. The van der Waals surface area contributed by atoms with E-state index in [2.05, 4.69) is 15.3 Å². The quantitative estimate of drug-likeness (QED) is 0.659. The van der Waals surface area contributed by atoms with Gasteiger partial charge in [0.1, 0.15) is 12.9 Å². The first-order valence-corrected chi connectivity index (χ1v) is 6.89. The minimum absolute atomic E-state index is 0.188. The summed E-state index contributed by atoms with van der Waals surface area (Å²) < 4.78 is 13.4. The van der Waals surface area contributed by atoms with E-state index < -0.39 is 0 Å². The van der Waals surface area contributed by atoms with Gasteiger partial charge in [-0.15, -0.1) is 0 Å². The number of hydrogen-bond acceptors (Lipinski definition) is 3. The third-order valence-electron chi connectivity index (χ3n) is 3.12. The molecule has 2 rings (SSSR count). The van der Waals surface area contributed by atoms with Crippen molar-refractivity contribution in [3.63, 3.8) is 0 Å². The van der Waals surface area contributed by atoms with Crippen molar-refractivity contribution in [2.75, 3.05) is 13.7 Å². The fraction of sp³-hybridized carbons (Fsp3) is 0.176. The summed E-state index contributed by atoms with van der Waals surface area (Å²) in [6.07, 6.45) is 2.01. The van der Waals surface area contributed by atoms with E-state index in [-0.39, 0.29) is 11.7 Å². The smallest absolute Gasteiger partial charge is 0.251 e. The molecule has 0 aromatic heterocycles. The van der Waals surface area contributed by atoms with Crippen LogP contribution in [0.1, 0.15) is 21.5 Å². The summed E-state index contributed by atoms with van der Waals surface area (Å²) in [4.78, 5) is 16.6. The standard InChI is InChI=1S/C17H17FN2O2/c1-22-20-12-13-6-8-15(9-7-13)17(21)19-11-10-14-4-2-3-5-16(14)18/h2-9,12H,10-11H2,1H3,(H,19,21)/b20-12+. The number of rotatable bonds is 6. The van der Waals surface area contributed by atoms with Crippen LogP contribution in [-0.4, -0.2) is 25.8 Å². The number of amides is 1. The van der Waals surface area contributed by atoms with Crippen molar-refractivity contribution in [3.8, 4) is 0 Å². The molecule has 4 nitrogen and oxygen atoms in total. The summed E-state index contributed by atoms with van der Waals surface area (Å²) in [5, 5.41) is 6.42. The Morgan fingerprint density at radius 3 is 2.64 bits per heavy atom. The van der Waals surface area contributed by atoms with E-state index in [1.54, 1.807) is 48.7 Å². The zero-order valence-corrected chi connectivity index (χ0v) is 12.3. The first kappa shape index (κ1) is 15.7. The monoisotopic (exact) mass is 300 g/mol. The van der Waals surface area contributed by atoms with Gasteiger partial charge in [0.2, 0.25) is 0 Å². The van der Waals surface area contributed by atoms with E-state index >= 15 is 0 Å². The number of halogens is 1. The van der Waals surface area contributed by atoms with E-state index in [1.165, 1.54) is 13.2 Å². The molecule has 0 atom stereocenters. The fourth-order valence-electron chi connectivity index (χ4n) is 1.95. The molecule has 2 aromatic rings. The molecule has 0 saturated carbocycles. The molecule has 1 N–H and O–H groups in total. The molecule has 0 radical (unpaired) electrons. The Morgan fingerprint density at radius 2 is 1.95 bits per heavy atom. The molecule has 114 valence electrons. The summed E-state index contributed by atoms with van der Waals surface area (Å²) in [6, 6.07) is 13.5. The Kier molecular flexibility index (Phi) is 5.65. The van der Waals surface area contributed by atoms with Gasteiger partial charge in [0.15, 0.2) is 0 Å². The number of nitrogens with one attached hydrogen (secondary N) is 1. The highest BCUT2D eigenvalue weighted by Gasteiger charge is 2.06. The number of hydrogen-bond donors (Lipinski definition) is 1. The average Bonchev–Trinajstić information content (AvgIpc) is 2.55. The summed E-state index contributed by atoms with van der Waals surface area (Å²) in [6.45, 7) is 0.382. The first-order valence-electron chi connectivity index (χ1n) is 6.89. The molecule has 0 aliphatic rings. The van der Waals surface area contributed by atoms with E-state index in [0.29, 0.717) is 24.1 Å². The van der Waals surface area contributed by atoms with Gasteiger partial charge in [-0.25, -0.2) is 4.39 Å². The molecule has 22 heavy (non-hydrogen) atoms. The number of carbonyl (C=O) groups excluding carboxylic acids is 1. The normalized spacial score (nSPS) is 10.6. The van der Waals surface area contributed by atoms with Gasteiger partial charge in [-0.05, 0) is 35.7 Å². The third-order valence-corrected chi connectivity index (χ3v) is 3.12. The average molecular weight is 300 g/mol. The predicted molar refractivity (Wildman–Crippen MR) is 83.5 cm³/mol. The highest BCUT2D eigenvalue weighted by Crippen LogP contribution is 2.07. The Hall–Kier alpha value is -2.69. The van der Waals surface area contributed by atoms with Crippen molar-refractivity contribution in [2.45, 2.75) is 6.42 Å². The van der Waals surface area contributed by atoms with Crippen molar-refractivity contribution >= 4 is 12.1 Å². The van der Waals surface area contributed by atoms with E-state index in [1.807, 2.05) is 0 Å². The summed E-state index contributed by atoms with van der Waals surface area (Å²) >= 11 is 0. The molecule has 0 unspecified atom stereocenters. The Morgan fingerprint density at radius 1 is 1.23 bits per heavy atom. The zero-order valence-electron chi connectivity index (χ0n) is 12.3. The van der Waals surface area contributed by atoms with Crippen molar-refractivity contribution in [1.29, 1.82) is 0 Å². The van der Waals surface area contributed by atoms with E-state index in [0.717, 1.165) is 5.56 Å². The lowest BCUT2D eigenvalue weighted by atomic mass is 10.1. The van der Waals surface area contributed by atoms with Gasteiger partial charge in [0.25, 0.3) is 5.91 Å². The molecule has 0 fully saturated rings. The lowest BCUT2D eigenvalue weighted by Gasteiger charge is -2.06. The first-order chi connectivity index (χ1) is 10.7. The zero-order chi connectivity index (χ0) is 15.8. The number of benzene rings is 2. The van der Waals surface area contributed by atoms with Crippen LogP contribution < -0.4 is 5.32 Å². The molecule has 0 bridgehead atoms. The van der Waals surface area contributed by atoms with Crippen molar-refractivity contribution in [2.24, 2.45) is 5.16 Å². The lowest BCUT2D eigenvalue weighted by Crippen LogP contribution is -2.25. The minimum atomic E-state index is -0.251. The molecule has 0 spiro atoms. The Balaban J connectivity index is 1.87. The molecule has 1 amide bonds. The van der Waals surface area contributed by atoms with Gasteiger partial charge in [0.05, 0.1) is 6.21 Å². The third kappa shape index (κ3) is 4.41. The van der Waals surface area contributed by atoms with Crippen molar-refractivity contribution in [1.82, 2.24) is 5.32 Å². The van der Waals surface area contributed by atoms with Crippen LogP contribution in [0.4, 0.5) is 4.39 Å². The summed E-state index contributed by atoms with van der Waals surface area (Å²) in [5.41, 5.74) is 1.97. The number of carbonyl (C=O) groups is 1. The molecule has 0 heterocycles. The summed E-state index contributed by atoms with van der Waals surface area (Å²) in [7, 11) is 1.47. The van der Waals surface area contributed by atoms with Gasteiger partial charge >= 0.3 is 0 Å². The Labute approximate surface area is 128 Å². The second-order valence-corrected chi connectivity index (χ2v) is 4.64. The molecule has 2 aromatic carbocycles. The SMILES string of the molecule is CO/N=C/c1ccc(C(=O)NCCc2ccccc2F)cc1. The predicted octanol–water partition coefficient (Wildman–Crippen LogP) is 2.78. The van der Waals surface area contributed by atoms with Crippen LogP contribution in [0.15, 0.2) is 53.7 Å². The second-order valence-electron chi connectivity index (χ2n) is 4.64. The maximum atomic E-state index is 13.4. The second kappa shape index (κ2) is 7.93. The van der Waals surface area contributed by atoms with Crippen LogP contribution in [0.2, 0.25) is 0 Å². The van der Waals surface area contributed by atoms with Crippen LogP contribution in [0.3, 0.4) is 0 Å². The van der Waals surface area contributed by atoms with Gasteiger partial charge in [-0.3, -0.25) is 4.79 Å². The molecular formula is C17H17FN2O2. The number of nitrogens with zero attached hydrogens (tertiary/aromatic N) is 1. The highest BCUT2D eigenvalue weighted by atomic mass is 19.1. The molecule has 0 aliphatic carbocycles. The van der Waals surface area contributed by atoms with Crippen molar-refractivity contribution < 1.29 is 14.0 Å². The van der Waals surface area contributed by atoms with E-state index in [9.17, 15) is 9.18 Å². The van der Waals surface area contributed by atoms with Crippen molar-refractivity contribution in [3.05, 3.63) is 71.0 Å². The molecule has 0 aliphatic heterocycles. The van der Waals surface area contributed by atoms with Crippen LogP contribution >= 0.6 is 0 Å². The van der Waals surface area contributed by atoms with Crippen LogP contribution in [0.25, 0.3) is 0 Å². The van der Waals surface area contributed by atoms with Crippen LogP contribution in [-0.2, 0) is 11.3 Å². The van der Waals surface area contributed by atoms with Crippen LogP contribution in [0.5, 0.6) is 0 Å².